The van der Waals surface area contributed by atoms with Crippen LogP contribution >= 0.6 is 0 Å². The lowest BCUT2D eigenvalue weighted by molar-refractivity contribution is 0.0601. The van der Waals surface area contributed by atoms with Crippen LogP contribution in [0.15, 0.2) is 48.5 Å². The number of aromatic amines is 1. The SMILES string of the molecule is CC1(C)CCCCC1.COC(=O)c1ccc(Nc2nc3ccccc3[nH]2)cc1. The van der Waals surface area contributed by atoms with Gasteiger partial charge in [-0.05, 0) is 54.7 Å². The van der Waals surface area contributed by atoms with Gasteiger partial charge < -0.3 is 15.0 Å². The van der Waals surface area contributed by atoms with Gasteiger partial charge in [0.25, 0.3) is 0 Å². The number of ether oxygens (including phenoxy) is 1. The minimum Gasteiger partial charge on any atom is -0.465 e. The Hall–Kier alpha value is -2.82. The maximum absolute atomic E-state index is 11.3. The number of fused-ring (bicyclic) bond motifs is 1. The zero-order chi connectivity index (χ0) is 20.0. The molecule has 1 fully saturated rings. The van der Waals surface area contributed by atoms with E-state index in [0.29, 0.717) is 16.9 Å². The van der Waals surface area contributed by atoms with Crippen LogP contribution in [-0.2, 0) is 4.74 Å². The molecule has 4 rings (SSSR count). The summed E-state index contributed by atoms with van der Waals surface area (Å²) in [4.78, 5) is 18.9. The first kappa shape index (κ1) is 19.9. The van der Waals surface area contributed by atoms with Crippen LogP contribution in [0.3, 0.4) is 0 Å². The summed E-state index contributed by atoms with van der Waals surface area (Å²) in [7, 11) is 1.36. The smallest absolute Gasteiger partial charge is 0.337 e. The molecule has 0 radical (unpaired) electrons. The van der Waals surface area contributed by atoms with Crippen molar-refractivity contribution in [3.8, 4) is 0 Å². The van der Waals surface area contributed by atoms with E-state index < -0.39 is 0 Å². The van der Waals surface area contributed by atoms with Gasteiger partial charge in [-0.1, -0.05) is 45.2 Å². The summed E-state index contributed by atoms with van der Waals surface area (Å²) >= 11 is 0. The molecular formula is C23H29N3O2. The predicted octanol–water partition coefficient (Wildman–Crippen LogP) is 6.07. The maximum atomic E-state index is 11.3. The minimum atomic E-state index is -0.347. The average Bonchev–Trinajstić information content (AvgIpc) is 3.10. The first-order valence-corrected chi connectivity index (χ1v) is 9.87. The Balaban J connectivity index is 0.000000236. The van der Waals surface area contributed by atoms with Crippen molar-refractivity contribution in [2.75, 3.05) is 12.4 Å². The van der Waals surface area contributed by atoms with Crippen LogP contribution in [0.4, 0.5) is 11.6 Å². The Kier molecular flexibility index (Phi) is 6.34. The summed E-state index contributed by atoms with van der Waals surface area (Å²) in [6.07, 6.45) is 7.31. The van der Waals surface area contributed by atoms with Crippen LogP contribution in [0.5, 0.6) is 0 Å². The van der Waals surface area contributed by atoms with Gasteiger partial charge in [-0.25, -0.2) is 9.78 Å². The Morgan fingerprint density at radius 3 is 2.29 bits per heavy atom. The van der Waals surface area contributed by atoms with Crippen LogP contribution in [0.25, 0.3) is 11.0 Å². The van der Waals surface area contributed by atoms with Gasteiger partial charge in [0.2, 0.25) is 5.95 Å². The van der Waals surface area contributed by atoms with E-state index in [4.69, 9.17) is 0 Å². The number of hydrogen-bond donors (Lipinski definition) is 2. The predicted molar refractivity (Wildman–Crippen MR) is 114 cm³/mol. The number of nitrogens with zero attached hydrogens (tertiary/aromatic N) is 1. The van der Waals surface area contributed by atoms with Crippen LogP contribution in [-0.4, -0.2) is 23.0 Å². The molecule has 0 amide bonds. The molecule has 1 aliphatic rings. The standard InChI is InChI=1S/C15H13N3O2.C8H16/c1-20-14(19)10-6-8-11(9-7-10)16-15-17-12-4-2-3-5-13(12)18-15;1-8(2)6-4-3-5-7-8/h2-9H,1H3,(H2,16,17,18);3-7H2,1-2H3. The van der Waals surface area contributed by atoms with Crippen molar-refractivity contribution in [2.45, 2.75) is 46.0 Å². The van der Waals surface area contributed by atoms with E-state index in [-0.39, 0.29) is 5.97 Å². The quantitative estimate of drug-likeness (QED) is 0.542. The van der Waals surface area contributed by atoms with Crippen LogP contribution in [0, 0.1) is 5.41 Å². The number of H-pyrrole nitrogens is 1. The molecule has 0 bridgehead atoms. The molecule has 0 saturated heterocycles. The van der Waals surface area contributed by atoms with Crippen molar-refractivity contribution in [1.29, 1.82) is 0 Å². The van der Waals surface area contributed by atoms with Crippen LogP contribution in [0.2, 0.25) is 0 Å². The minimum absolute atomic E-state index is 0.347. The van der Waals surface area contributed by atoms with Gasteiger partial charge in [0.05, 0.1) is 23.7 Å². The highest BCUT2D eigenvalue weighted by atomic mass is 16.5. The van der Waals surface area contributed by atoms with Gasteiger partial charge in [-0.15, -0.1) is 0 Å². The summed E-state index contributed by atoms with van der Waals surface area (Å²) in [5, 5.41) is 3.16. The average molecular weight is 380 g/mol. The Bertz CT molecular complexity index is 872. The third-order valence-corrected chi connectivity index (χ3v) is 5.17. The topological polar surface area (TPSA) is 67.0 Å². The van der Waals surface area contributed by atoms with Crippen LogP contribution < -0.4 is 5.32 Å². The Morgan fingerprint density at radius 1 is 1.04 bits per heavy atom. The van der Waals surface area contributed by atoms with E-state index in [1.165, 1.54) is 39.2 Å². The molecule has 0 atom stereocenters. The zero-order valence-corrected chi connectivity index (χ0v) is 16.9. The maximum Gasteiger partial charge on any atom is 0.337 e. The number of methoxy groups -OCH3 is 1. The molecule has 5 nitrogen and oxygen atoms in total. The monoisotopic (exact) mass is 379 g/mol. The molecule has 1 aliphatic carbocycles. The molecule has 1 aromatic heterocycles. The van der Waals surface area contributed by atoms with Gasteiger partial charge in [0.1, 0.15) is 0 Å². The number of carbonyl (C=O) groups is 1. The second kappa shape index (κ2) is 8.91. The van der Waals surface area contributed by atoms with Crippen LogP contribution in [0.1, 0.15) is 56.3 Å². The van der Waals surface area contributed by atoms with Gasteiger partial charge in [-0.3, -0.25) is 0 Å². The molecular weight excluding hydrogens is 350 g/mol. The lowest BCUT2D eigenvalue weighted by Gasteiger charge is -2.28. The highest BCUT2D eigenvalue weighted by molar-refractivity contribution is 5.89. The zero-order valence-electron chi connectivity index (χ0n) is 16.9. The van der Waals surface area contributed by atoms with Crippen molar-refractivity contribution < 1.29 is 9.53 Å². The summed E-state index contributed by atoms with van der Waals surface area (Å²) < 4.78 is 4.66. The van der Waals surface area contributed by atoms with Crippen molar-refractivity contribution >= 4 is 28.6 Å². The molecule has 2 N–H and O–H groups in total. The number of para-hydroxylation sites is 2. The molecule has 1 heterocycles. The number of esters is 1. The van der Waals surface area contributed by atoms with E-state index in [2.05, 4.69) is 33.9 Å². The number of carbonyl (C=O) groups excluding carboxylic acids is 1. The van der Waals surface area contributed by atoms with Crippen molar-refractivity contribution in [2.24, 2.45) is 5.41 Å². The lowest BCUT2D eigenvalue weighted by atomic mass is 9.78. The first-order valence-electron chi connectivity index (χ1n) is 9.87. The molecule has 148 valence electrons. The van der Waals surface area contributed by atoms with Crippen molar-refractivity contribution in [3.05, 3.63) is 54.1 Å². The number of nitrogens with one attached hydrogen (secondary N) is 2. The number of hydrogen-bond acceptors (Lipinski definition) is 4. The summed E-state index contributed by atoms with van der Waals surface area (Å²) in [6.45, 7) is 4.76. The molecule has 5 heteroatoms. The first-order chi connectivity index (χ1) is 13.5. The van der Waals surface area contributed by atoms with E-state index in [1.54, 1.807) is 24.3 Å². The molecule has 1 saturated carbocycles. The van der Waals surface area contributed by atoms with E-state index in [9.17, 15) is 4.79 Å². The van der Waals surface area contributed by atoms with E-state index >= 15 is 0 Å². The van der Waals surface area contributed by atoms with Gasteiger partial charge >= 0.3 is 5.97 Å². The molecule has 3 aromatic rings. The fourth-order valence-corrected chi connectivity index (χ4v) is 3.47. The number of imidazole rings is 1. The molecule has 0 aliphatic heterocycles. The second-order valence-corrected chi connectivity index (χ2v) is 8.02. The van der Waals surface area contributed by atoms with Gasteiger partial charge in [-0.2, -0.15) is 0 Å². The van der Waals surface area contributed by atoms with E-state index in [0.717, 1.165) is 16.7 Å². The molecule has 2 aromatic carbocycles. The number of aromatic nitrogens is 2. The fourth-order valence-electron chi connectivity index (χ4n) is 3.47. The Morgan fingerprint density at radius 2 is 1.71 bits per heavy atom. The molecule has 0 spiro atoms. The molecule has 0 unspecified atom stereocenters. The summed E-state index contributed by atoms with van der Waals surface area (Å²) in [5.41, 5.74) is 3.92. The highest BCUT2D eigenvalue weighted by Gasteiger charge is 2.19. The normalized spacial score (nSPS) is 15.4. The number of anilines is 2. The molecule has 28 heavy (non-hydrogen) atoms. The van der Waals surface area contributed by atoms with Crippen molar-refractivity contribution in [1.82, 2.24) is 9.97 Å². The summed E-state index contributed by atoms with van der Waals surface area (Å²) in [5.74, 6) is 0.317. The van der Waals surface area contributed by atoms with Crippen molar-refractivity contribution in [3.63, 3.8) is 0 Å². The summed E-state index contributed by atoms with van der Waals surface area (Å²) in [6, 6.07) is 14.8. The van der Waals surface area contributed by atoms with E-state index in [1.807, 2.05) is 24.3 Å². The van der Waals surface area contributed by atoms with Gasteiger partial charge in [0.15, 0.2) is 0 Å². The Labute approximate surface area is 166 Å². The third kappa shape index (κ3) is 5.35. The third-order valence-electron chi connectivity index (χ3n) is 5.17. The number of benzene rings is 2. The second-order valence-electron chi connectivity index (χ2n) is 8.02. The highest BCUT2D eigenvalue weighted by Crippen LogP contribution is 2.34. The largest absolute Gasteiger partial charge is 0.465 e. The lowest BCUT2D eigenvalue weighted by Crippen LogP contribution is -2.14. The fraction of sp³-hybridized carbons (Fsp3) is 0.391. The number of rotatable bonds is 3. The van der Waals surface area contributed by atoms with Gasteiger partial charge in [0, 0.05) is 5.69 Å².